The van der Waals surface area contributed by atoms with Crippen LogP contribution in [0.3, 0.4) is 0 Å². The van der Waals surface area contributed by atoms with E-state index in [-0.39, 0.29) is 5.76 Å². The number of carbonyl (C=O) groups is 1. The molecule has 0 spiro atoms. The van der Waals surface area contributed by atoms with Crippen LogP contribution in [0.4, 0.5) is 0 Å². The minimum absolute atomic E-state index is 0.173. The number of guanidine groups is 1. The summed E-state index contributed by atoms with van der Waals surface area (Å²) in [5.74, 6) is 1.04. The third kappa shape index (κ3) is 4.34. The maximum absolute atomic E-state index is 11.1. The first-order valence-electron chi connectivity index (χ1n) is 9.22. The van der Waals surface area contributed by atoms with Crippen LogP contribution in [0.25, 0.3) is 0 Å². The van der Waals surface area contributed by atoms with Crippen LogP contribution < -0.4 is 16.4 Å². The van der Waals surface area contributed by atoms with E-state index in [1.54, 1.807) is 12.1 Å². The molecule has 4 N–H and O–H groups in total. The second kappa shape index (κ2) is 7.91. The lowest BCUT2D eigenvalue weighted by atomic mass is 9.82. The van der Waals surface area contributed by atoms with E-state index >= 15 is 0 Å². The van der Waals surface area contributed by atoms with Gasteiger partial charge in [-0.1, -0.05) is 6.42 Å². The van der Waals surface area contributed by atoms with Gasteiger partial charge in [-0.15, -0.1) is 0 Å². The Labute approximate surface area is 149 Å². The summed E-state index contributed by atoms with van der Waals surface area (Å²) >= 11 is 0. The first kappa shape index (κ1) is 17.8. The Morgan fingerprint density at radius 2 is 2.08 bits per heavy atom. The fraction of sp³-hybridized carbons (Fsp3) is 0.667. The molecule has 0 radical (unpaired) electrons. The van der Waals surface area contributed by atoms with E-state index in [4.69, 9.17) is 10.2 Å². The van der Waals surface area contributed by atoms with E-state index in [9.17, 15) is 4.79 Å². The lowest BCUT2D eigenvalue weighted by molar-refractivity contribution is 0.0526. The highest BCUT2D eigenvalue weighted by atomic mass is 16.3. The number of hydrogen-bond acceptors (Lipinski definition) is 4. The second-order valence-electron chi connectivity index (χ2n) is 7.04. The molecule has 0 saturated carbocycles. The molecule has 2 aliphatic rings. The zero-order chi connectivity index (χ0) is 17.8. The fourth-order valence-electron chi connectivity index (χ4n) is 4.00. The van der Waals surface area contributed by atoms with E-state index in [2.05, 4.69) is 34.5 Å². The molecule has 7 heteroatoms. The zero-order valence-corrected chi connectivity index (χ0v) is 15.1. The van der Waals surface area contributed by atoms with Crippen LogP contribution in [0.2, 0.25) is 0 Å². The summed E-state index contributed by atoms with van der Waals surface area (Å²) in [6.45, 7) is 3.23. The summed E-state index contributed by atoms with van der Waals surface area (Å²) in [5.41, 5.74) is 5.21. The van der Waals surface area contributed by atoms with Crippen molar-refractivity contribution >= 4 is 11.9 Å². The molecule has 2 aliphatic heterocycles. The van der Waals surface area contributed by atoms with Crippen molar-refractivity contribution in [2.24, 2.45) is 10.7 Å². The number of carbonyl (C=O) groups excluding carboxylic acids is 1. The van der Waals surface area contributed by atoms with Crippen LogP contribution in [-0.4, -0.2) is 48.5 Å². The molecule has 7 nitrogen and oxygen atoms in total. The number of nitrogens with one attached hydrogen (secondary N) is 2. The molecule has 138 valence electrons. The number of nitrogens with zero attached hydrogens (tertiary/aromatic N) is 2. The molecule has 1 aromatic rings. The van der Waals surface area contributed by atoms with Gasteiger partial charge >= 0.3 is 0 Å². The molecule has 2 unspecified atom stereocenters. The molecule has 25 heavy (non-hydrogen) atoms. The maximum Gasteiger partial charge on any atom is 0.284 e. The Hall–Kier alpha value is -2.02. The SMILES string of the molecule is CCNC(=NCc1ccc(C(N)=O)o1)NC1CC2CCCC(C1)N2C. The molecule has 2 saturated heterocycles. The Balaban J connectivity index is 1.61. The topological polar surface area (TPSA) is 95.9 Å². The highest BCUT2D eigenvalue weighted by Gasteiger charge is 2.36. The maximum atomic E-state index is 11.1. The van der Waals surface area contributed by atoms with E-state index in [1.165, 1.54) is 19.3 Å². The molecular formula is C18H29N5O2. The van der Waals surface area contributed by atoms with E-state index < -0.39 is 5.91 Å². The van der Waals surface area contributed by atoms with Gasteiger partial charge in [0.1, 0.15) is 12.3 Å². The molecule has 0 aromatic carbocycles. The van der Waals surface area contributed by atoms with Crippen molar-refractivity contribution in [3.8, 4) is 0 Å². The van der Waals surface area contributed by atoms with Crippen molar-refractivity contribution in [2.75, 3.05) is 13.6 Å². The van der Waals surface area contributed by atoms with Gasteiger partial charge in [0.25, 0.3) is 5.91 Å². The molecule has 0 aliphatic carbocycles. The van der Waals surface area contributed by atoms with Gasteiger partial charge in [-0.3, -0.25) is 4.79 Å². The summed E-state index contributed by atoms with van der Waals surface area (Å²) in [6, 6.07) is 5.13. The molecule has 1 amide bonds. The predicted octanol–water partition coefficient (Wildman–Crippen LogP) is 1.45. The van der Waals surface area contributed by atoms with Gasteiger partial charge in [-0.25, -0.2) is 4.99 Å². The number of aliphatic imine (C=N–C) groups is 1. The Kier molecular flexibility index (Phi) is 5.63. The van der Waals surface area contributed by atoms with Gasteiger partial charge in [0.05, 0.1) is 0 Å². The Morgan fingerprint density at radius 3 is 2.68 bits per heavy atom. The molecule has 3 heterocycles. The summed E-state index contributed by atoms with van der Waals surface area (Å²) in [7, 11) is 2.26. The van der Waals surface area contributed by atoms with Crippen LogP contribution in [0, 0.1) is 0 Å². The summed E-state index contributed by atoms with van der Waals surface area (Å²) in [5, 5.41) is 6.88. The van der Waals surface area contributed by atoms with Gasteiger partial charge in [0, 0.05) is 24.7 Å². The quantitative estimate of drug-likeness (QED) is 0.553. The minimum atomic E-state index is -0.557. The number of furan rings is 1. The number of hydrogen-bond donors (Lipinski definition) is 3. The smallest absolute Gasteiger partial charge is 0.284 e. The monoisotopic (exact) mass is 347 g/mol. The van der Waals surface area contributed by atoms with Crippen molar-refractivity contribution in [3.05, 3.63) is 23.7 Å². The highest BCUT2D eigenvalue weighted by Crippen LogP contribution is 2.32. The van der Waals surface area contributed by atoms with Crippen LogP contribution >= 0.6 is 0 Å². The number of rotatable bonds is 5. The van der Waals surface area contributed by atoms with Crippen molar-refractivity contribution < 1.29 is 9.21 Å². The van der Waals surface area contributed by atoms with Crippen LogP contribution in [0.1, 0.15) is 55.3 Å². The Bertz CT molecular complexity index is 613. The predicted molar refractivity (Wildman–Crippen MR) is 97.4 cm³/mol. The summed E-state index contributed by atoms with van der Waals surface area (Å²) < 4.78 is 5.39. The molecule has 3 rings (SSSR count). The third-order valence-electron chi connectivity index (χ3n) is 5.32. The Morgan fingerprint density at radius 1 is 1.36 bits per heavy atom. The number of amides is 1. The first-order chi connectivity index (χ1) is 12.1. The second-order valence-corrected chi connectivity index (χ2v) is 7.04. The number of piperidine rings is 2. The first-order valence-corrected chi connectivity index (χ1v) is 9.22. The average molecular weight is 347 g/mol. The van der Waals surface area contributed by atoms with Gasteiger partial charge in [0.2, 0.25) is 0 Å². The largest absolute Gasteiger partial charge is 0.454 e. The summed E-state index contributed by atoms with van der Waals surface area (Å²) in [6.07, 6.45) is 6.25. The minimum Gasteiger partial charge on any atom is -0.454 e. The van der Waals surface area contributed by atoms with Crippen LogP contribution in [0.5, 0.6) is 0 Å². The van der Waals surface area contributed by atoms with E-state index in [1.807, 2.05) is 0 Å². The number of primary amides is 1. The van der Waals surface area contributed by atoms with E-state index in [0.717, 1.165) is 25.3 Å². The summed E-state index contributed by atoms with van der Waals surface area (Å²) in [4.78, 5) is 18.3. The highest BCUT2D eigenvalue weighted by molar-refractivity contribution is 5.89. The molecular weight excluding hydrogens is 318 g/mol. The standard InChI is InChI=1S/C18H29N5O2/c1-3-20-18(21-11-15-7-8-16(25-15)17(19)24)22-12-9-13-5-4-6-14(10-12)23(13)2/h7-8,12-14H,3-6,9-11H2,1-2H3,(H2,19,24)(H2,20,21,22). The number of nitrogens with two attached hydrogens (primary N) is 1. The van der Waals surface area contributed by atoms with Crippen molar-refractivity contribution in [1.82, 2.24) is 15.5 Å². The third-order valence-corrected chi connectivity index (χ3v) is 5.32. The van der Waals surface area contributed by atoms with Gasteiger partial charge < -0.3 is 25.7 Å². The fourth-order valence-corrected chi connectivity index (χ4v) is 4.00. The lowest BCUT2D eigenvalue weighted by Gasteiger charge is -2.47. The normalized spacial score (nSPS) is 27.1. The van der Waals surface area contributed by atoms with E-state index in [0.29, 0.717) is 30.4 Å². The van der Waals surface area contributed by atoms with Gasteiger partial charge in [-0.2, -0.15) is 0 Å². The van der Waals surface area contributed by atoms with Crippen molar-refractivity contribution in [3.63, 3.8) is 0 Å². The van der Waals surface area contributed by atoms with Crippen LogP contribution in [-0.2, 0) is 6.54 Å². The molecule has 2 fully saturated rings. The van der Waals surface area contributed by atoms with Crippen molar-refractivity contribution in [2.45, 2.75) is 63.7 Å². The molecule has 2 bridgehead atoms. The average Bonchev–Trinajstić information content (AvgIpc) is 3.03. The lowest BCUT2D eigenvalue weighted by Crippen LogP contribution is -2.56. The zero-order valence-electron chi connectivity index (χ0n) is 15.1. The number of fused-ring (bicyclic) bond motifs is 2. The van der Waals surface area contributed by atoms with Gasteiger partial charge in [-0.05, 0) is 51.8 Å². The molecule has 2 atom stereocenters. The molecule has 1 aromatic heterocycles. The van der Waals surface area contributed by atoms with Crippen molar-refractivity contribution in [1.29, 1.82) is 0 Å². The van der Waals surface area contributed by atoms with Crippen LogP contribution in [0.15, 0.2) is 21.5 Å². The van der Waals surface area contributed by atoms with Gasteiger partial charge in [0.15, 0.2) is 11.7 Å².